The molecule has 2 aromatic rings. The fourth-order valence-electron chi connectivity index (χ4n) is 1.78. The van der Waals surface area contributed by atoms with Crippen molar-refractivity contribution in [2.75, 3.05) is 0 Å². The lowest BCUT2D eigenvalue weighted by atomic mass is 9.99. The predicted molar refractivity (Wildman–Crippen MR) is 73.5 cm³/mol. The van der Waals surface area contributed by atoms with E-state index in [0.717, 1.165) is 5.56 Å². The van der Waals surface area contributed by atoms with E-state index in [9.17, 15) is 4.39 Å². The number of nitrogens with two attached hydrogens (primary N) is 1. The van der Waals surface area contributed by atoms with E-state index in [-0.39, 0.29) is 11.9 Å². The first-order valence-electron chi connectivity index (χ1n) is 5.51. The second kappa shape index (κ2) is 5.70. The van der Waals surface area contributed by atoms with Crippen LogP contribution < -0.4 is 5.73 Å². The monoisotopic (exact) mass is 283 g/mol. The van der Waals surface area contributed by atoms with Gasteiger partial charge in [0.2, 0.25) is 0 Å². The predicted octanol–water partition coefficient (Wildman–Crippen LogP) is 4.38. The number of benzene rings is 2. The lowest BCUT2D eigenvalue weighted by molar-refractivity contribution is 0.618. The Labute approximate surface area is 115 Å². The molecule has 0 amide bonds. The normalized spacial score (nSPS) is 12.4. The molecule has 0 spiro atoms. The van der Waals surface area contributed by atoms with Crippen molar-refractivity contribution in [1.29, 1.82) is 0 Å². The Morgan fingerprint density at radius 3 is 2.39 bits per heavy atom. The fourth-order valence-corrected chi connectivity index (χ4v) is 2.17. The minimum absolute atomic E-state index is 0.332. The molecule has 0 radical (unpaired) electrons. The van der Waals surface area contributed by atoms with Gasteiger partial charge in [-0.25, -0.2) is 4.39 Å². The van der Waals surface area contributed by atoms with Gasteiger partial charge in [0.1, 0.15) is 5.82 Å². The van der Waals surface area contributed by atoms with E-state index in [0.29, 0.717) is 22.0 Å². The third-order valence-electron chi connectivity index (χ3n) is 2.73. The van der Waals surface area contributed by atoms with Gasteiger partial charge in [-0.05, 0) is 47.9 Å². The van der Waals surface area contributed by atoms with E-state index < -0.39 is 0 Å². The van der Waals surface area contributed by atoms with E-state index >= 15 is 0 Å². The largest absolute Gasteiger partial charge is 0.324 e. The lowest BCUT2D eigenvalue weighted by Crippen LogP contribution is -2.14. The number of hydrogen-bond donors (Lipinski definition) is 1. The highest BCUT2D eigenvalue weighted by Gasteiger charge is 2.12. The first kappa shape index (κ1) is 13.3. The second-order valence-corrected chi connectivity index (χ2v) is 4.95. The fraction of sp³-hybridized carbons (Fsp3) is 0.143. The molecule has 0 aromatic heterocycles. The van der Waals surface area contributed by atoms with Crippen LogP contribution in [0.2, 0.25) is 10.0 Å². The third-order valence-corrected chi connectivity index (χ3v) is 3.32. The zero-order chi connectivity index (χ0) is 13.1. The maximum absolute atomic E-state index is 13.2. The molecule has 0 fully saturated rings. The average Bonchev–Trinajstić information content (AvgIpc) is 2.35. The van der Waals surface area contributed by atoms with Gasteiger partial charge in [0.25, 0.3) is 0 Å². The second-order valence-electron chi connectivity index (χ2n) is 4.10. The van der Waals surface area contributed by atoms with E-state index in [1.165, 1.54) is 18.2 Å². The molecular formula is C14H12Cl2FN. The summed E-state index contributed by atoms with van der Waals surface area (Å²) in [5, 5.41) is 1.16. The lowest BCUT2D eigenvalue weighted by Gasteiger charge is -2.14. The topological polar surface area (TPSA) is 26.0 Å². The van der Waals surface area contributed by atoms with Crippen LogP contribution >= 0.6 is 23.2 Å². The van der Waals surface area contributed by atoms with Crippen molar-refractivity contribution < 1.29 is 4.39 Å². The third kappa shape index (κ3) is 3.22. The van der Waals surface area contributed by atoms with Gasteiger partial charge in [-0.1, -0.05) is 35.3 Å². The minimum atomic E-state index is -0.339. The molecule has 0 heterocycles. The molecule has 94 valence electrons. The van der Waals surface area contributed by atoms with Gasteiger partial charge in [0.05, 0.1) is 0 Å². The molecule has 0 saturated carbocycles. The summed E-state index contributed by atoms with van der Waals surface area (Å²) in [5.74, 6) is -0.332. The van der Waals surface area contributed by atoms with E-state index in [2.05, 4.69) is 0 Å². The molecule has 0 aliphatic carbocycles. The Bertz CT molecular complexity index is 540. The summed E-state index contributed by atoms with van der Waals surface area (Å²) in [6.45, 7) is 0. The van der Waals surface area contributed by atoms with Gasteiger partial charge in [-0.15, -0.1) is 0 Å². The summed E-state index contributed by atoms with van der Waals surface area (Å²) in [5.41, 5.74) is 7.70. The van der Waals surface area contributed by atoms with Gasteiger partial charge in [-0.2, -0.15) is 0 Å². The van der Waals surface area contributed by atoms with Crippen molar-refractivity contribution in [3.05, 3.63) is 69.5 Å². The Morgan fingerprint density at radius 1 is 1.06 bits per heavy atom. The maximum atomic E-state index is 13.2. The van der Waals surface area contributed by atoms with Crippen molar-refractivity contribution in [2.45, 2.75) is 12.5 Å². The van der Waals surface area contributed by atoms with Crippen molar-refractivity contribution >= 4 is 23.2 Å². The van der Waals surface area contributed by atoms with Crippen LogP contribution in [0.4, 0.5) is 4.39 Å². The Morgan fingerprint density at radius 2 is 1.72 bits per heavy atom. The van der Waals surface area contributed by atoms with Crippen molar-refractivity contribution in [3.8, 4) is 0 Å². The summed E-state index contributed by atoms with van der Waals surface area (Å²) in [6, 6.07) is 11.3. The first-order chi connectivity index (χ1) is 8.56. The number of halogens is 3. The molecule has 4 heteroatoms. The summed E-state index contributed by atoms with van der Waals surface area (Å²) >= 11 is 11.8. The van der Waals surface area contributed by atoms with Gasteiger partial charge in [0.15, 0.2) is 0 Å². The Balaban J connectivity index is 2.18. The molecule has 0 saturated heterocycles. The Hall–Kier alpha value is -1.09. The van der Waals surface area contributed by atoms with Crippen LogP contribution in [0.5, 0.6) is 0 Å². The Kier molecular flexibility index (Phi) is 4.23. The maximum Gasteiger partial charge on any atom is 0.123 e. The minimum Gasteiger partial charge on any atom is -0.324 e. The van der Waals surface area contributed by atoms with Crippen LogP contribution in [0, 0.1) is 5.82 Å². The summed E-state index contributed by atoms with van der Waals surface area (Å²) in [7, 11) is 0. The molecule has 18 heavy (non-hydrogen) atoms. The molecular weight excluding hydrogens is 272 g/mol. The highest BCUT2D eigenvalue weighted by molar-refractivity contribution is 6.31. The smallest absolute Gasteiger partial charge is 0.123 e. The van der Waals surface area contributed by atoms with Crippen molar-refractivity contribution in [1.82, 2.24) is 0 Å². The molecule has 1 nitrogen and oxygen atoms in total. The molecule has 2 aromatic carbocycles. The highest BCUT2D eigenvalue weighted by Crippen LogP contribution is 2.25. The van der Waals surface area contributed by atoms with Crippen LogP contribution in [0.15, 0.2) is 42.5 Å². The van der Waals surface area contributed by atoms with Crippen LogP contribution in [-0.2, 0) is 6.42 Å². The van der Waals surface area contributed by atoms with E-state index in [1.54, 1.807) is 12.1 Å². The summed E-state index contributed by atoms with van der Waals surface area (Å²) in [4.78, 5) is 0. The number of hydrogen-bond acceptors (Lipinski definition) is 1. The first-order valence-corrected chi connectivity index (χ1v) is 6.27. The van der Waals surface area contributed by atoms with Crippen LogP contribution in [0.25, 0.3) is 0 Å². The average molecular weight is 284 g/mol. The van der Waals surface area contributed by atoms with Gasteiger partial charge < -0.3 is 5.73 Å². The molecule has 1 unspecified atom stereocenters. The SMILES string of the molecule is NC(Cc1ccc(Cl)cc1)c1cc(F)ccc1Cl. The quantitative estimate of drug-likeness (QED) is 0.889. The zero-order valence-corrected chi connectivity index (χ0v) is 11.0. The van der Waals surface area contributed by atoms with Gasteiger partial charge in [-0.3, -0.25) is 0 Å². The van der Waals surface area contributed by atoms with Gasteiger partial charge >= 0.3 is 0 Å². The summed E-state index contributed by atoms with van der Waals surface area (Å²) in [6.07, 6.45) is 0.584. The van der Waals surface area contributed by atoms with E-state index in [1.807, 2.05) is 12.1 Å². The van der Waals surface area contributed by atoms with Crippen LogP contribution in [-0.4, -0.2) is 0 Å². The van der Waals surface area contributed by atoms with Crippen LogP contribution in [0.1, 0.15) is 17.2 Å². The standard InChI is InChI=1S/C14H12Cl2FN/c15-10-3-1-9(2-4-10)7-14(18)12-8-11(17)5-6-13(12)16/h1-6,8,14H,7,18H2. The highest BCUT2D eigenvalue weighted by atomic mass is 35.5. The zero-order valence-electron chi connectivity index (χ0n) is 9.54. The van der Waals surface area contributed by atoms with Crippen molar-refractivity contribution in [2.24, 2.45) is 5.73 Å². The van der Waals surface area contributed by atoms with Gasteiger partial charge in [0, 0.05) is 16.1 Å². The molecule has 2 N–H and O–H groups in total. The number of rotatable bonds is 3. The molecule has 0 aliphatic heterocycles. The molecule has 1 atom stereocenters. The molecule has 2 rings (SSSR count). The molecule has 0 bridgehead atoms. The van der Waals surface area contributed by atoms with Crippen molar-refractivity contribution in [3.63, 3.8) is 0 Å². The van der Waals surface area contributed by atoms with Crippen LogP contribution in [0.3, 0.4) is 0 Å². The van der Waals surface area contributed by atoms with E-state index in [4.69, 9.17) is 28.9 Å². The molecule has 0 aliphatic rings. The summed E-state index contributed by atoms with van der Waals surface area (Å²) < 4.78 is 13.2.